The number of rotatable bonds is 8. The van der Waals surface area contributed by atoms with Gasteiger partial charge in [0.15, 0.2) is 0 Å². The molecule has 0 aromatic heterocycles. The van der Waals surface area contributed by atoms with E-state index in [4.69, 9.17) is 20.4 Å². The maximum Gasteiger partial charge on any atom is 0.303 e. The average Bonchev–Trinajstić information content (AvgIpc) is 2.33. The second kappa shape index (κ2) is 12.3. The summed E-state index contributed by atoms with van der Waals surface area (Å²) >= 11 is 0. The summed E-state index contributed by atoms with van der Waals surface area (Å²) in [6, 6.07) is 0. The lowest BCUT2D eigenvalue weighted by atomic mass is 10.1. The van der Waals surface area contributed by atoms with Crippen LogP contribution in [0.15, 0.2) is 0 Å². The van der Waals surface area contributed by atoms with Crippen molar-refractivity contribution in [1.82, 2.24) is 0 Å². The molecule has 6 nitrogen and oxygen atoms in total. The predicted octanol–water partition coefficient (Wildman–Crippen LogP) is 1.24. The smallest absolute Gasteiger partial charge is 0.303 e. The van der Waals surface area contributed by atoms with Crippen molar-refractivity contribution in [2.75, 3.05) is 0 Å². The molecule has 0 radical (unpaired) electrons. The van der Waals surface area contributed by atoms with Gasteiger partial charge < -0.3 is 20.4 Å². The van der Waals surface area contributed by atoms with Crippen molar-refractivity contribution in [2.24, 2.45) is 0 Å². The SMILES string of the molecule is CCC(O)CCC(=O)O.CCC(O)CCC(=O)O. The fourth-order valence-corrected chi connectivity index (χ4v) is 0.988. The third-order valence-corrected chi connectivity index (χ3v) is 2.33. The highest BCUT2D eigenvalue weighted by molar-refractivity contribution is 5.66. The molecule has 0 aromatic carbocycles. The second-order valence-corrected chi connectivity index (χ2v) is 3.99. The third kappa shape index (κ3) is 17.3. The van der Waals surface area contributed by atoms with Crippen LogP contribution in [0.1, 0.15) is 52.4 Å². The van der Waals surface area contributed by atoms with Crippen molar-refractivity contribution < 1.29 is 30.0 Å². The van der Waals surface area contributed by atoms with Gasteiger partial charge in [0.25, 0.3) is 0 Å². The highest BCUT2D eigenvalue weighted by Gasteiger charge is 2.03. The molecule has 0 aromatic rings. The summed E-state index contributed by atoms with van der Waals surface area (Å²) in [7, 11) is 0. The first-order chi connectivity index (χ1) is 8.33. The van der Waals surface area contributed by atoms with E-state index in [1.807, 2.05) is 13.8 Å². The minimum Gasteiger partial charge on any atom is -0.481 e. The molecule has 0 bridgehead atoms. The van der Waals surface area contributed by atoms with E-state index in [1.165, 1.54) is 0 Å². The Morgan fingerprint density at radius 3 is 1.28 bits per heavy atom. The molecular formula is C12H24O6. The van der Waals surface area contributed by atoms with Crippen molar-refractivity contribution in [1.29, 1.82) is 0 Å². The Labute approximate surface area is 107 Å². The van der Waals surface area contributed by atoms with E-state index in [1.54, 1.807) is 0 Å². The zero-order chi connectivity index (χ0) is 14.6. The van der Waals surface area contributed by atoms with Crippen LogP contribution in [0.4, 0.5) is 0 Å². The van der Waals surface area contributed by atoms with Crippen LogP contribution in [-0.2, 0) is 9.59 Å². The van der Waals surface area contributed by atoms with Gasteiger partial charge in [0.1, 0.15) is 0 Å². The first kappa shape index (κ1) is 19.2. The van der Waals surface area contributed by atoms with Crippen LogP contribution in [0.25, 0.3) is 0 Å². The Bertz CT molecular complexity index is 205. The number of hydrogen-bond acceptors (Lipinski definition) is 4. The summed E-state index contributed by atoms with van der Waals surface area (Å²) in [4.78, 5) is 19.8. The molecule has 0 heterocycles. The van der Waals surface area contributed by atoms with Gasteiger partial charge in [-0.1, -0.05) is 13.8 Å². The molecule has 4 N–H and O–H groups in total. The number of aliphatic carboxylic acids is 2. The molecule has 0 aliphatic heterocycles. The van der Waals surface area contributed by atoms with Crippen LogP contribution >= 0.6 is 0 Å². The molecule has 2 unspecified atom stereocenters. The van der Waals surface area contributed by atoms with Crippen molar-refractivity contribution >= 4 is 11.9 Å². The molecule has 18 heavy (non-hydrogen) atoms. The second-order valence-electron chi connectivity index (χ2n) is 3.99. The summed E-state index contributed by atoms with van der Waals surface area (Å²) in [6.45, 7) is 3.65. The molecule has 0 spiro atoms. The van der Waals surface area contributed by atoms with E-state index in [0.717, 1.165) is 0 Å². The molecule has 2 atom stereocenters. The lowest BCUT2D eigenvalue weighted by Crippen LogP contribution is -2.07. The Hall–Kier alpha value is -1.14. The number of carboxylic acid groups (broad SMARTS) is 2. The maximum atomic E-state index is 9.91. The van der Waals surface area contributed by atoms with Gasteiger partial charge in [-0.05, 0) is 25.7 Å². The molecule has 0 aliphatic carbocycles. The van der Waals surface area contributed by atoms with Gasteiger partial charge in [0, 0.05) is 12.8 Å². The van der Waals surface area contributed by atoms with Crippen LogP contribution in [-0.4, -0.2) is 44.6 Å². The van der Waals surface area contributed by atoms with Crippen LogP contribution in [0.2, 0.25) is 0 Å². The zero-order valence-corrected chi connectivity index (χ0v) is 11.0. The molecule has 0 rings (SSSR count). The van der Waals surface area contributed by atoms with Gasteiger partial charge in [-0.3, -0.25) is 9.59 Å². The Balaban J connectivity index is 0. The summed E-state index contributed by atoms with van der Waals surface area (Å²) in [5, 5.41) is 34.0. The summed E-state index contributed by atoms with van der Waals surface area (Å²) in [6.07, 6.45) is 1.24. The number of carboxylic acids is 2. The topological polar surface area (TPSA) is 115 Å². The molecular weight excluding hydrogens is 240 g/mol. The molecule has 0 amide bonds. The monoisotopic (exact) mass is 264 g/mol. The fraction of sp³-hybridized carbons (Fsp3) is 0.833. The van der Waals surface area contributed by atoms with Crippen LogP contribution in [0.3, 0.4) is 0 Å². The zero-order valence-electron chi connectivity index (χ0n) is 11.0. The van der Waals surface area contributed by atoms with Crippen molar-refractivity contribution in [2.45, 2.75) is 64.6 Å². The van der Waals surface area contributed by atoms with Gasteiger partial charge in [0.2, 0.25) is 0 Å². The predicted molar refractivity (Wildman–Crippen MR) is 66.3 cm³/mol. The fourth-order valence-electron chi connectivity index (χ4n) is 0.988. The van der Waals surface area contributed by atoms with E-state index in [0.29, 0.717) is 25.7 Å². The quantitative estimate of drug-likeness (QED) is 0.524. The first-order valence-corrected chi connectivity index (χ1v) is 6.13. The lowest BCUT2D eigenvalue weighted by Gasteiger charge is -2.02. The van der Waals surface area contributed by atoms with E-state index < -0.39 is 24.1 Å². The molecule has 0 aliphatic rings. The highest BCUT2D eigenvalue weighted by Crippen LogP contribution is 2.00. The molecule has 6 heteroatoms. The highest BCUT2D eigenvalue weighted by atomic mass is 16.4. The standard InChI is InChI=1S/2C6H12O3/c2*1-2-5(7)3-4-6(8)9/h2*5,7H,2-4H2,1H3,(H,8,9). The Kier molecular flexibility index (Phi) is 13.1. The molecule has 108 valence electrons. The largest absolute Gasteiger partial charge is 0.481 e. The average molecular weight is 264 g/mol. The minimum absolute atomic E-state index is 0.0645. The van der Waals surface area contributed by atoms with Crippen molar-refractivity contribution in [3.8, 4) is 0 Å². The normalized spacial score (nSPS) is 13.1. The summed E-state index contributed by atoms with van der Waals surface area (Å²) < 4.78 is 0. The first-order valence-electron chi connectivity index (χ1n) is 6.13. The van der Waals surface area contributed by atoms with Gasteiger partial charge in [-0.2, -0.15) is 0 Å². The number of aliphatic hydroxyl groups is 2. The van der Waals surface area contributed by atoms with Crippen LogP contribution < -0.4 is 0 Å². The van der Waals surface area contributed by atoms with E-state index in [2.05, 4.69) is 0 Å². The molecule has 0 saturated carbocycles. The summed E-state index contributed by atoms with van der Waals surface area (Å²) in [5.41, 5.74) is 0. The maximum absolute atomic E-state index is 9.91. The van der Waals surface area contributed by atoms with Gasteiger partial charge in [0.05, 0.1) is 12.2 Å². The van der Waals surface area contributed by atoms with E-state index >= 15 is 0 Å². The number of hydrogen-bond donors (Lipinski definition) is 4. The molecule has 0 fully saturated rings. The lowest BCUT2D eigenvalue weighted by molar-refractivity contribution is -0.138. The molecule has 0 saturated heterocycles. The van der Waals surface area contributed by atoms with Gasteiger partial charge in [-0.25, -0.2) is 0 Å². The number of carbonyl (C=O) groups is 2. The Morgan fingerprint density at radius 2 is 1.11 bits per heavy atom. The number of aliphatic hydroxyl groups excluding tert-OH is 2. The van der Waals surface area contributed by atoms with Gasteiger partial charge in [-0.15, -0.1) is 0 Å². The summed E-state index contributed by atoms with van der Waals surface area (Å²) in [5.74, 6) is -1.69. The van der Waals surface area contributed by atoms with Crippen LogP contribution in [0, 0.1) is 0 Å². The van der Waals surface area contributed by atoms with E-state index in [9.17, 15) is 9.59 Å². The van der Waals surface area contributed by atoms with E-state index in [-0.39, 0.29) is 12.8 Å². The minimum atomic E-state index is -0.845. The van der Waals surface area contributed by atoms with Gasteiger partial charge >= 0.3 is 11.9 Å². The van der Waals surface area contributed by atoms with Crippen molar-refractivity contribution in [3.05, 3.63) is 0 Å². The van der Waals surface area contributed by atoms with Crippen molar-refractivity contribution in [3.63, 3.8) is 0 Å². The van der Waals surface area contributed by atoms with Crippen LogP contribution in [0.5, 0.6) is 0 Å². The Morgan fingerprint density at radius 1 is 0.833 bits per heavy atom. The third-order valence-electron chi connectivity index (χ3n) is 2.33.